The van der Waals surface area contributed by atoms with Crippen LogP contribution in [-0.4, -0.2) is 27.8 Å². The van der Waals surface area contributed by atoms with Crippen molar-refractivity contribution in [3.8, 4) is 5.75 Å². The molecule has 1 aliphatic carbocycles. The number of hydrogen-bond acceptors (Lipinski definition) is 4. The molecule has 0 spiro atoms. The summed E-state index contributed by atoms with van der Waals surface area (Å²) in [6.07, 6.45) is -0.147. The molecule has 1 fully saturated rings. The molecule has 0 atom stereocenters. The van der Waals surface area contributed by atoms with Crippen LogP contribution in [0.3, 0.4) is 0 Å². The molecule has 0 unspecified atom stereocenters. The Kier molecular flexibility index (Phi) is 6.55. The molecule has 2 heterocycles. The van der Waals surface area contributed by atoms with Gasteiger partial charge in [-0.3, -0.25) is 9.48 Å². The van der Waals surface area contributed by atoms with Crippen molar-refractivity contribution in [3.05, 3.63) is 47.4 Å². The smallest absolute Gasteiger partial charge is 0.433 e. The Bertz CT molecular complexity index is 1190. The number of carbonyl (C=O) groups excluding carboxylic acids is 1. The van der Waals surface area contributed by atoms with Gasteiger partial charge in [-0.1, -0.05) is 19.9 Å². The lowest BCUT2D eigenvalue weighted by Crippen LogP contribution is -2.22. The first-order valence-electron chi connectivity index (χ1n) is 11.5. The minimum Gasteiger partial charge on any atom is -0.494 e. The molecule has 0 saturated heterocycles. The lowest BCUT2D eigenvalue weighted by molar-refractivity contribution is -0.141. The lowest BCUT2D eigenvalue weighted by Gasteiger charge is -2.31. The minimum absolute atomic E-state index is 0.320. The molecule has 0 radical (unpaired) electrons. The van der Waals surface area contributed by atoms with Gasteiger partial charge >= 0.3 is 6.18 Å². The van der Waals surface area contributed by atoms with Crippen molar-refractivity contribution in [2.24, 2.45) is 11.8 Å². The summed E-state index contributed by atoms with van der Waals surface area (Å²) in [6.45, 7) is 6.54. The summed E-state index contributed by atoms with van der Waals surface area (Å²) in [7, 11) is 1.47. The number of aromatic nitrogens is 3. The van der Waals surface area contributed by atoms with Crippen molar-refractivity contribution in [3.63, 3.8) is 0 Å². The molecule has 2 aromatic heterocycles. The van der Waals surface area contributed by atoms with E-state index in [1.54, 1.807) is 12.1 Å². The summed E-state index contributed by atoms with van der Waals surface area (Å²) >= 11 is 0. The van der Waals surface area contributed by atoms with Crippen LogP contribution in [0, 0.1) is 18.8 Å². The zero-order valence-corrected chi connectivity index (χ0v) is 19.7. The summed E-state index contributed by atoms with van der Waals surface area (Å²) in [5.74, 6) is 1.05. The standard InChI is InChI=1S/C25H29F3N4O2/c1-14(2)16-8-10-17(11-9-16)32-15(3)18-12-21(22(34-4)13-20(18)31-32)30-24(33)19-6-5-7-23(29-19)25(26,27)28/h5-7,12-14,16-17H,8-11H2,1-4H3,(H,30,33). The number of amides is 1. The molecule has 1 aromatic carbocycles. The number of nitrogens with zero attached hydrogens (tertiary/aromatic N) is 3. The number of alkyl halides is 3. The maximum absolute atomic E-state index is 13.0. The number of pyridine rings is 1. The van der Waals surface area contributed by atoms with Crippen molar-refractivity contribution in [2.75, 3.05) is 12.4 Å². The van der Waals surface area contributed by atoms with Crippen molar-refractivity contribution >= 4 is 22.5 Å². The molecule has 4 rings (SSSR count). The number of anilines is 1. The summed E-state index contributed by atoms with van der Waals surface area (Å²) in [6, 6.07) is 7.06. The minimum atomic E-state index is -4.63. The van der Waals surface area contributed by atoms with Gasteiger partial charge in [0.15, 0.2) is 0 Å². The van der Waals surface area contributed by atoms with E-state index in [0.29, 0.717) is 23.4 Å². The first kappa shape index (κ1) is 24.0. The van der Waals surface area contributed by atoms with E-state index in [9.17, 15) is 18.0 Å². The molecule has 1 amide bonds. The quantitative estimate of drug-likeness (QED) is 0.464. The van der Waals surface area contributed by atoms with E-state index >= 15 is 0 Å². The second kappa shape index (κ2) is 9.27. The van der Waals surface area contributed by atoms with Crippen LogP contribution in [0.4, 0.5) is 18.9 Å². The van der Waals surface area contributed by atoms with Gasteiger partial charge in [0.1, 0.15) is 17.1 Å². The normalized spacial score (nSPS) is 18.9. The zero-order valence-electron chi connectivity index (χ0n) is 19.7. The van der Waals surface area contributed by atoms with Crippen molar-refractivity contribution in [1.82, 2.24) is 14.8 Å². The van der Waals surface area contributed by atoms with Crippen LogP contribution < -0.4 is 10.1 Å². The highest BCUT2D eigenvalue weighted by atomic mass is 19.4. The largest absolute Gasteiger partial charge is 0.494 e. The number of nitrogens with one attached hydrogen (secondary N) is 1. The average molecular weight is 475 g/mol. The fourth-order valence-corrected chi connectivity index (χ4v) is 4.80. The Morgan fingerprint density at radius 2 is 1.88 bits per heavy atom. The van der Waals surface area contributed by atoms with Gasteiger partial charge in [0.25, 0.3) is 5.91 Å². The highest BCUT2D eigenvalue weighted by Crippen LogP contribution is 2.39. The highest BCUT2D eigenvalue weighted by molar-refractivity contribution is 6.05. The van der Waals surface area contributed by atoms with Crippen LogP contribution in [0.25, 0.3) is 10.9 Å². The number of carbonyl (C=O) groups is 1. The van der Waals surface area contributed by atoms with E-state index in [4.69, 9.17) is 9.84 Å². The van der Waals surface area contributed by atoms with Gasteiger partial charge < -0.3 is 10.1 Å². The fraction of sp³-hybridized carbons (Fsp3) is 0.480. The number of rotatable bonds is 5. The van der Waals surface area contributed by atoms with Gasteiger partial charge in [-0.05, 0) is 62.6 Å². The molecule has 1 saturated carbocycles. The Morgan fingerprint density at radius 3 is 2.50 bits per heavy atom. The van der Waals surface area contributed by atoms with Crippen molar-refractivity contribution < 1.29 is 22.7 Å². The number of aryl methyl sites for hydroxylation is 1. The van der Waals surface area contributed by atoms with Crippen LogP contribution in [-0.2, 0) is 6.18 Å². The molecule has 3 aromatic rings. The molecule has 34 heavy (non-hydrogen) atoms. The average Bonchev–Trinajstić information content (AvgIpc) is 3.13. The zero-order chi connectivity index (χ0) is 24.6. The molecule has 1 N–H and O–H groups in total. The van der Waals surface area contributed by atoms with Crippen LogP contribution in [0.5, 0.6) is 5.75 Å². The Hall–Kier alpha value is -3.10. The molecule has 0 bridgehead atoms. The molecular formula is C25H29F3N4O2. The fourth-order valence-electron chi connectivity index (χ4n) is 4.80. The highest BCUT2D eigenvalue weighted by Gasteiger charge is 2.33. The SMILES string of the molecule is COc1cc2nn(C3CCC(C(C)C)CC3)c(C)c2cc1NC(=O)c1cccc(C(F)(F)F)n1. The number of ether oxygens (including phenoxy) is 1. The first-order valence-corrected chi connectivity index (χ1v) is 11.5. The number of hydrogen-bond donors (Lipinski definition) is 1. The summed E-state index contributed by atoms with van der Waals surface area (Å²) in [4.78, 5) is 16.2. The van der Waals surface area contributed by atoms with Gasteiger partial charge in [-0.25, -0.2) is 4.98 Å². The third kappa shape index (κ3) is 4.74. The van der Waals surface area contributed by atoms with Crippen molar-refractivity contribution in [2.45, 2.75) is 58.7 Å². The predicted molar refractivity (Wildman–Crippen MR) is 124 cm³/mol. The maximum atomic E-state index is 13.0. The topological polar surface area (TPSA) is 69.0 Å². The maximum Gasteiger partial charge on any atom is 0.433 e. The third-order valence-electron chi connectivity index (χ3n) is 6.82. The van der Waals surface area contributed by atoms with Crippen LogP contribution >= 0.6 is 0 Å². The Morgan fingerprint density at radius 1 is 1.18 bits per heavy atom. The van der Waals surface area contributed by atoms with E-state index in [1.807, 2.05) is 6.92 Å². The second-order valence-electron chi connectivity index (χ2n) is 9.27. The molecule has 182 valence electrons. The molecule has 1 aliphatic rings. The summed E-state index contributed by atoms with van der Waals surface area (Å²) in [5.41, 5.74) is 0.637. The second-order valence-corrected chi connectivity index (χ2v) is 9.27. The summed E-state index contributed by atoms with van der Waals surface area (Å²) in [5, 5.41) is 8.33. The molecule has 9 heteroatoms. The predicted octanol–water partition coefficient (Wildman–Crippen LogP) is 6.41. The van der Waals surface area contributed by atoms with Gasteiger partial charge in [0, 0.05) is 17.1 Å². The van der Waals surface area contributed by atoms with E-state index < -0.39 is 17.8 Å². The number of benzene rings is 1. The summed E-state index contributed by atoms with van der Waals surface area (Å²) < 4.78 is 46.5. The van der Waals surface area contributed by atoms with Crippen LogP contribution in [0.1, 0.15) is 67.4 Å². The third-order valence-corrected chi connectivity index (χ3v) is 6.82. The first-order chi connectivity index (χ1) is 16.1. The number of halogens is 3. The van der Waals surface area contributed by atoms with Crippen LogP contribution in [0.15, 0.2) is 30.3 Å². The van der Waals surface area contributed by atoms with E-state index in [-0.39, 0.29) is 5.69 Å². The number of methoxy groups -OCH3 is 1. The molecule has 0 aliphatic heterocycles. The Balaban J connectivity index is 1.62. The van der Waals surface area contributed by atoms with Gasteiger partial charge in [0.05, 0.1) is 24.4 Å². The van der Waals surface area contributed by atoms with E-state index in [1.165, 1.54) is 26.0 Å². The monoisotopic (exact) mass is 474 g/mol. The van der Waals surface area contributed by atoms with Crippen molar-refractivity contribution in [1.29, 1.82) is 0 Å². The van der Waals surface area contributed by atoms with E-state index in [2.05, 4.69) is 28.8 Å². The van der Waals surface area contributed by atoms with Crippen LogP contribution in [0.2, 0.25) is 0 Å². The van der Waals surface area contributed by atoms with Gasteiger partial charge in [0.2, 0.25) is 0 Å². The van der Waals surface area contributed by atoms with Gasteiger partial charge in [-0.2, -0.15) is 18.3 Å². The number of fused-ring (bicyclic) bond motifs is 1. The molecule has 6 nitrogen and oxygen atoms in total. The Labute approximate surface area is 196 Å². The van der Waals surface area contributed by atoms with E-state index in [0.717, 1.165) is 47.5 Å². The molecular weight excluding hydrogens is 445 g/mol. The van der Waals surface area contributed by atoms with Gasteiger partial charge in [-0.15, -0.1) is 0 Å². The lowest BCUT2D eigenvalue weighted by atomic mass is 9.80.